The number of hydrogen-bond donors (Lipinski definition) is 1. The Balaban J connectivity index is 2.27. The maximum Gasteiger partial charge on any atom is 0.251 e. The van der Waals surface area contributed by atoms with Crippen molar-refractivity contribution in [3.8, 4) is 11.5 Å². The van der Waals surface area contributed by atoms with E-state index in [1.54, 1.807) is 26.4 Å². The van der Waals surface area contributed by atoms with E-state index < -0.39 is 0 Å². The SMILES string of the molecule is C=CCc1cc(C(=O)NC2CCCC2)cc(OC)c1OC. The number of amides is 1. The minimum absolute atomic E-state index is 0.0480. The lowest BCUT2D eigenvalue weighted by Crippen LogP contribution is -2.32. The minimum atomic E-state index is -0.0480. The lowest BCUT2D eigenvalue weighted by molar-refractivity contribution is 0.0937. The van der Waals surface area contributed by atoms with Crippen LogP contribution < -0.4 is 14.8 Å². The molecule has 0 aromatic heterocycles. The van der Waals surface area contributed by atoms with Crippen molar-refractivity contribution < 1.29 is 14.3 Å². The van der Waals surface area contributed by atoms with E-state index in [1.807, 2.05) is 6.07 Å². The van der Waals surface area contributed by atoms with Crippen molar-refractivity contribution in [3.63, 3.8) is 0 Å². The van der Waals surface area contributed by atoms with E-state index in [0.29, 0.717) is 29.5 Å². The Bertz CT molecular complexity index is 519. The first-order chi connectivity index (χ1) is 10.2. The van der Waals surface area contributed by atoms with Crippen LogP contribution in [0.3, 0.4) is 0 Å². The summed E-state index contributed by atoms with van der Waals surface area (Å²) in [5.74, 6) is 1.19. The van der Waals surface area contributed by atoms with Gasteiger partial charge in [0, 0.05) is 17.2 Å². The van der Waals surface area contributed by atoms with Gasteiger partial charge in [-0.05, 0) is 31.4 Å². The summed E-state index contributed by atoms with van der Waals surface area (Å²) in [6, 6.07) is 3.89. The first-order valence-electron chi connectivity index (χ1n) is 7.36. The van der Waals surface area contributed by atoms with Gasteiger partial charge >= 0.3 is 0 Å². The molecule has 0 aliphatic heterocycles. The minimum Gasteiger partial charge on any atom is -0.493 e. The van der Waals surface area contributed by atoms with E-state index >= 15 is 0 Å². The van der Waals surface area contributed by atoms with Crippen molar-refractivity contribution in [2.75, 3.05) is 14.2 Å². The molecular weight excluding hydrogens is 266 g/mol. The van der Waals surface area contributed by atoms with Gasteiger partial charge in [-0.15, -0.1) is 6.58 Å². The second-order valence-corrected chi connectivity index (χ2v) is 5.32. The molecule has 0 atom stereocenters. The van der Waals surface area contributed by atoms with Gasteiger partial charge in [0.1, 0.15) is 0 Å². The fourth-order valence-corrected chi connectivity index (χ4v) is 2.82. The molecule has 2 rings (SSSR count). The Morgan fingerprint density at radius 3 is 2.62 bits per heavy atom. The number of carbonyl (C=O) groups is 1. The summed E-state index contributed by atoms with van der Waals surface area (Å²) in [6.07, 6.45) is 6.94. The Morgan fingerprint density at radius 1 is 1.33 bits per heavy atom. The largest absolute Gasteiger partial charge is 0.493 e. The van der Waals surface area contributed by atoms with Crippen LogP contribution in [0.25, 0.3) is 0 Å². The average Bonchev–Trinajstić information content (AvgIpc) is 2.99. The van der Waals surface area contributed by atoms with Gasteiger partial charge in [0.15, 0.2) is 11.5 Å². The number of carbonyl (C=O) groups excluding carboxylic acids is 1. The quantitative estimate of drug-likeness (QED) is 0.819. The molecule has 21 heavy (non-hydrogen) atoms. The molecule has 4 heteroatoms. The van der Waals surface area contributed by atoms with Crippen LogP contribution in [0, 0.1) is 0 Å². The van der Waals surface area contributed by atoms with Gasteiger partial charge in [-0.3, -0.25) is 4.79 Å². The normalized spacial score (nSPS) is 14.8. The molecule has 114 valence electrons. The standard InChI is InChI=1S/C17H23NO3/c1-4-7-12-10-13(11-15(20-2)16(12)21-3)17(19)18-14-8-5-6-9-14/h4,10-11,14H,1,5-9H2,2-3H3,(H,18,19). The molecule has 1 fully saturated rings. The number of allylic oxidation sites excluding steroid dienone is 1. The molecule has 0 spiro atoms. The van der Waals surface area contributed by atoms with Crippen LogP contribution in [0.5, 0.6) is 11.5 Å². The van der Waals surface area contributed by atoms with E-state index in [4.69, 9.17) is 9.47 Å². The molecule has 1 aliphatic carbocycles. The Hall–Kier alpha value is -1.97. The summed E-state index contributed by atoms with van der Waals surface area (Å²) >= 11 is 0. The van der Waals surface area contributed by atoms with Gasteiger partial charge < -0.3 is 14.8 Å². The fourth-order valence-electron chi connectivity index (χ4n) is 2.82. The number of rotatable bonds is 6. The number of methoxy groups -OCH3 is 2. The first-order valence-corrected chi connectivity index (χ1v) is 7.36. The molecule has 0 bridgehead atoms. The highest BCUT2D eigenvalue weighted by molar-refractivity contribution is 5.95. The molecular formula is C17H23NO3. The molecule has 1 N–H and O–H groups in total. The zero-order valence-electron chi connectivity index (χ0n) is 12.8. The third kappa shape index (κ3) is 3.57. The maximum absolute atomic E-state index is 12.4. The van der Waals surface area contributed by atoms with Crippen molar-refractivity contribution in [1.29, 1.82) is 0 Å². The molecule has 1 aromatic carbocycles. The summed E-state index contributed by atoms with van der Waals surface area (Å²) in [4.78, 5) is 12.4. The molecule has 1 saturated carbocycles. The lowest BCUT2D eigenvalue weighted by atomic mass is 10.0. The Morgan fingerprint density at radius 2 is 2.05 bits per heavy atom. The zero-order chi connectivity index (χ0) is 15.2. The predicted molar refractivity (Wildman–Crippen MR) is 83.2 cm³/mol. The van der Waals surface area contributed by atoms with E-state index in [2.05, 4.69) is 11.9 Å². The van der Waals surface area contributed by atoms with Gasteiger partial charge in [0.2, 0.25) is 0 Å². The monoisotopic (exact) mass is 289 g/mol. The van der Waals surface area contributed by atoms with Gasteiger partial charge in [0.05, 0.1) is 14.2 Å². The lowest BCUT2D eigenvalue weighted by Gasteiger charge is -2.16. The van der Waals surface area contributed by atoms with Crippen molar-refractivity contribution in [1.82, 2.24) is 5.32 Å². The fraction of sp³-hybridized carbons (Fsp3) is 0.471. The summed E-state index contributed by atoms with van der Waals surface area (Å²) in [5.41, 5.74) is 1.51. The van der Waals surface area contributed by atoms with Gasteiger partial charge in [-0.1, -0.05) is 18.9 Å². The average molecular weight is 289 g/mol. The molecule has 0 unspecified atom stereocenters. The number of hydrogen-bond acceptors (Lipinski definition) is 3. The Kier molecular flexibility index (Phi) is 5.26. The van der Waals surface area contributed by atoms with Crippen LogP contribution in [0.1, 0.15) is 41.6 Å². The summed E-state index contributed by atoms with van der Waals surface area (Å²) < 4.78 is 10.7. The van der Waals surface area contributed by atoms with Crippen LogP contribution >= 0.6 is 0 Å². The van der Waals surface area contributed by atoms with E-state index in [-0.39, 0.29) is 5.91 Å². The van der Waals surface area contributed by atoms with Crippen molar-refractivity contribution in [3.05, 3.63) is 35.9 Å². The number of ether oxygens (including phenoxy) is 2. The molecule has 0 radical (unpaired) electrons. The van der Waals surface area contributed by atoms with Crippen LogP contribution in [0.15, 0.2) is 24.8 Å². The number of nitrogens with one attached hydrogen (secondary N) is 1. The predicted octanol–water partition coefficient (Wildman–Crippen LogP) is 3.10. The second kappa shape index (κ2) is 7.16. The third-order valence-corrected chi connectivity index (χ3v) is 3.87. The molecule has 4 nitrogen and oxygen atoms in total. The molecule has 0 heterocycles. The van der Waals surface area contributed by atoms with Crippen molar-refractivity contribution >= 4 is 5.91 Å². The number of benzene rings is 1. The van der Waals surface area contributed by atoms with Gasteiger partial charge in [0.25, 0.3) is 5.91 Å². The summed E-state index contributed by atoms with van der Waals surface area (Å²) in [7, 11) is 3.18. The topological polar surface area (TPSA) is 47.6 Å². The van der Waals surface area contributed by atoms with Crippen LogP contribution in [0.2, 0.25) is 0 Å². The zero-order valence-corrected chi connectivity index (χ0v) is 12.8. The van der Waals surface area contributed by atoms with Crippen LogP contribution in [-0.2, 0) is 6.42 Å². The molecule has 1 amide bonds. The first kappa shape index (κ1) is 15.4. The smallest absolute Gasteiger partial charge is 0.251 e. The van der Waals surface area contributed by atoms with E-state index in [1.165, 1.54) is 12.8 Å². The van der Waals surface area contributed by atoms with Gasteiger partial charge in [-0.2, -0.15) is 0 Å². The van der Waals surface area contributed by atoms with E-state index in [0.717, 1.165) is 18.4 Å². The van der Waals surface area contributed by atoms with Gasteiger partial charge in [-0.25, -0.2) is 0 Å². The van der Waals surface area contributed by atoms with E-state index in [9.17, 15) is 4.79 Å². The summed E-state index contributed by atoms with van der Waals surface area (Å²) in [6.45, 7) is 3.75. The highest BCUT2D eigenvalue weighted by Gasteiger charge is 2.20. The second-order valence-electron chi connectivity index (χ2n) is 5.32. The highest BCUT2D eigenvalue weighted by Crippen LogP contribution is 2.33. The molecule has 1 aliphatic rings. The van der Waals surface area contributed by atoms with Crippen LogP contribution in [-0.4, -0.2) is 26.2 Å². The molecule has 0 saturated heterocycles. The van der Waals surface area contributed by atoms with Crippen LogP contribution in [0.4, 0.5) is 0 Å². The third-order valence-electron chi connectivity index (χ3n) is 3.87. The maximum atomic E-state index is 12.4. The van der Waals surface area contributed by atoms with Crippen molar-refractivity contribution in [2.24, 2.45) is 0 Å². The highest BCUT2D eigenvalue weighted by atomic mass is 16.5. The van der Waals surface area contributed by atoms with Crippen molar-refractivity contribution in [2.45, 2.75) is 38.1 Å². The summed E-state index contributed by atoms with van der Waals surface area (Å²) in [5, 5.41) is 3.09. The molecule has 1 aromatic rings. The Labute approximate surface area is 126 Å².